The first-order valence-electron chi connectivity index (χ1n) is 9.59. The summed E-state index contributed by atoms with van der Waals surface area (Å²) in [5.41, 5.74) is 1.93. The van der Waals surface area contributed by atoms with Gasteiger partial charge in [0.05, 0.1) is 12.1 Å². The summed E-state index contributed by atoms with van der Waals surface area (Å²) in [5.74, 6) is -0.155. The number of fused-ring (bicyclic) bond motifs is 1. The van der Waals surface area contributed by atoms with Crippen molar-refractivity contribution in [2.24, 2.45) is 0 Å². The summed E-state index contributed by atoms with van der Waals surface area (Å²) in [6, 6.07) is 9.68. The number of rotatable bonds is 4. The lowest BCUT2D eigenvalue weighted by molar-refractivity contribution is -0.132. The van der Waals surface area contributed by atoms with Gasteiger partial charge in [0.2, 0.25) is 5.91 Å². The molecule has 4 rings (SSSR count). The minimum Gasteiger partial charge on any atom is -0.341 e. The van der Waals surface area contributed by atoms with Crippen LogP contribution in [0.5, 0.6) is 0 Å². The van der Waals surface area contributed by atoms with E-state index >= 15 is 0 Å². The summed E-state index contributed by atoms with van der Waals surface area (Å²) in [7, 11) is 0. The van der Waals surface area contributed by atoms with Crippen molar-refractivity contribution in [2.75, 3.05) is 13.1 Å². The van der Waals surface area contributed by atoms with Crippen LogP contribution in [-0.4, -0.2) is 33.0 Å². The van der Waals surface area contributed by atoms with Crippen molar-refractivity contribution < 1.29 is 4.79 Å². The van der Waals surface area contributed by atoms with Crippen LogP contribution in [0.3, 0.4) is 0 Å². The molecule has 1 amide bonds. The molecule has 0 N–H and O–H groups in total. The third-order valence-corrected chi connectivity index (χ3v) is 6.32. The zero-order valence-electron chi connectivity index (χ0n) is 15.9. The van der Waals surface area contributed by atoms with Crippen LogP contribution in [0.4, 0.5) is 0 Å². The number of amides is 1. The zero-order chi connectivity index (χ0) is 19.7. The zero-order valence-corrected chi connectivity index (χ0v) is 16.7. The van der Waals surface area contributed by atoms with Gasteiger partial charge in [0.1, 0.15) is 11.2 Å². The number of carbonyl (C=O) groups excluding carboxylic acids is 1. The number of likely N-dealkylation sites (tertiary alicyclic amines) is 1. The van der Waals surface area contributed by atoms with Crippen LogP contribution in [0.25, 0.3) is 10.2 Å². The second-order valence-electron chi connectivity index (χ2n) is 7.26. The van der Waals surface area contributed by atoms with E-state index in [1.807, 2.05) is 36.6 Å². The molecule has 1 aliphatic heterocycles. The number of hydrogen-bond acceptors (Lipinski definition) is 4. The lowest BCUT2D eigenvalue weighted by Crippen LogP contribution is -2.45. The molecule has 0 atom stereocenters. The molecule has 146 valence electrons. The molecule has 6 nitrogen and oxygen atoms in total. The van der Waals surface area contributed by atoms with Crippen molar-refractivity contribution in [3.8, 4) is 0 Å². The third-order valence-electron chi connectivity index (χ3n) is 5.43. The average Bonchev–Trinajstić information content (AvgIpc) is 3.20. The summed E-state index contributed by atoms with van der Waals surface area (Å²) >= 11 is 1.31. The highest BCUT2D eigenvalue weighted by atomic mass is 32.1. The van der Waals surface area contributed by atoms with Crippen LogP contribution in [0, 0.1) is 6.92 Å². The fourth-order valence-corrected chi connectivity index (χ4v) is 4.60. The van der Waals surface area contributed by atoms with Crippen LogP contribution < -0.4 is 11.2 Å². The van der Waals surface area contributed by atoms with Crippen molar-refractivity contribution >= 4 is 27.5 Å². The van der Waals surface area contributed by atoms with Gasteiger partial charge >= 0.3 is 5.69 Å². The topological polar surface area (TPSA) is 64.3 Å². The smallest absolute Gasteiger partial charge is 0.332 e. The van der Waals surface area contributed by atoms with Gasteiger partial charge in [-0.2, -0.15) is 0 Å². The van der Waals surface area contributed by atoms with E-state index in [0.717, 1.165) is 35.0 Å². The molecule has 1 aromatic carbocycles. The number of thiophene rings is 1. The van der Waals surface area contributed by atoms with Crippen LogP contribution in [0.1, 0.15) is 30.4 Å². The Labute approximate surface area is 166 Å². The van der Waals surface area contributed by atoms with Crippen molar-refractivity contribution in [1.82, 2.24) is 14.0 Å². The van der Waals surface area contributed by atoms with Gasteiger partial charge in [0.25, 0.3) is 5.56 Å². The van der Waals surface area contributed by atoms with Gasteiger partial charge in [-0.3, -0.25) is 14.2 Å². The predicted octanol–water partition coefficient (Wildman–Crippen LogP) is 2.59. The summed E-state index contributed by atoms with van der Waals surface area (Å²) in [6.45, 7) is 3.58. The number of aromatic nitrogens is 2. The Bertz CT molecular complexity index is 1140. The summed E-state index contributed by atoms with van der Waals surface area (Å²) in [5, 5.41) is 1.82. The SMILES string of the molecule is Cc1ccccc1Cn1c(=O)n(CC(=O)N2CCCCC2)c(=O)c2sccc21. The molecule has 1 fully saturated rings. The Morgan fingerprint density at radius 2 is 1.79 bits per heavy atom. The maximum absolute atomic E-state index is 13.2. The van der Waals surface area contributed by atoms with E-state index in [1.165, 1.54) is 11.3 Å². The molecule has 0 aliphatic carbocycles. The van der Waals surface area contributed by atoms with Crippen LogP contribution in [-0.2, 0) is 17.9 Å². The Balaban J connectivity index is 1.77. The highest BCUT2D eigenvalue weighted by Gasteiger charge is 2.21. The summed E-state index contributed by atoms with van der Waals surface area (Å²) in [6.07, 6.45) is 3.07. The lowest BCUT2D eigenvalue weighted by Gasteiger charge is -2.26. The normalized spacial score (nSPS) is 14.5. The summed E-state index contributed by atoms with van der Waals surface area (Å²) < 4.78 is 3.23. The fraction of sp³-hybridized carbons (Fsp3) is 0.381. The van der Waals surface area contributed by atoms with Gasteiger partial charge < -0.3 is 4.90 Å². The van der Waals surface area contributed by atoms with E-state index in [1.54, 1.807) is 15.5 Å². The maximum Gasteiger partial charge on any atom is 0.332 e. The predicted molar refractivity (Wildman–Crippen MR) is 111 cm³/mol. The highest BCUT2D eigenvalue weighted by molar-refractivity contribution is 7.17. The molecule has 3 heterocycles. The molecule has 0 bridgehead atoms. The van der Waals surface area contributed by atoms with Crippen molar-refractivity contribution in [3.05, 3.63) is 67.7 Å². The monoisotopic (exact) mass is 397 g/mol. The minimum absolute atomic E-state index is 0.155. The lowest BCUT2D eigenvalue weighted by atomic mass is 10.1. The van der Waals surface area contributed by atoms with E-state index in [9.17, 15) is 14.4 Å². The van der Waals surface area contributed by atoms with Crippen molar-refractivity contribution in [1.29, 1.82) is 0 Å². The van der Waals surface area contributed by atoms with Crippen molar-refractivity contribution in [2.45, 2.75) is 39.3 Å². The first kappa shape index (κ1) is 18.7. The largest absolute Gasteiger partial charge is 0.341 e. The Morgan fingerprint density at radius 1 is 1.04 bits per heavy atom. The summed E-state index contributed by atoms with van der Waals surface area (Å²) in [4.78, 5) is 40.5. The van der Waals surface area contributed by atoms with Crippen LogP contribution in [0.2, 0.25) is 0 Å². The Hall–Kier alpha value is -2.67. The number of benzene rings is 1. The second-order valence-corrected chi connectivity index (χ2v) is 8.18. The standard InChI is InChI=1S/C21H23N3O3S/c1-15-7-3-4-8-16(15)13-23-17-9-12-28-19(17)20(26)24(21(23)27)14-18(25)22-10-5-2-6-11-22/h3-4,7-9,12H,2,5-6,10-11,13-14H2,1H3. The first-order valence-corrected chi connectivity index (χ1v) is 10.5. The highest BCUT2D eigenvalue weighted by Crippen LogP contribution is 2.18. The van der Waals surface area contributed by atoms with E-state index in [0.29, 0.717) is 29.9 Å². The molecule has 1 saturated heterocycles. The maximum atomic E-state index is 13.2. The number of carbonyl (C=O) groups is 1. The molecule has 0 unspecified atom stereocenters. The van der Waals surface area contributed by atoms with Crippen LogP contribution >= 0.6 is 11.3 Å². The molecular formula is C21H23N3O3S. The Morgan fingerprint density at radius 3 is 2.54 bits per heavy atom. The molecule has 0 radical (unpaired) electrons. The molecule has 2 aromatic heterocycles. The van der Waals surface area contributed by atoms with Crippen molar-refractivity contribution in [3.63, 3.8) is 0 Å². The van der Waals surface area contributed by atoms with E-state index in [4.69, 9.17) is 0 Å². The van der Waals surface area contributed by atoms with Gasteiger partial charge in [-0.25, -0.2) is 9.36 Å². The van der Waals surface area contributed by atoms with Gasteiger partial charge in [0, 0.05) is 13.1 Å². The minimum atomic E-state index is -0.426. The second kappa shape index (κ2) is 7.75. The molecule has 7 heteroatoms. The number of hydrogen-bond donors (Lipinski definition) is 0. The molecule has 28 heavy (non-hydrogen) atoms. The van der Waals surface area contributed by atoms with Gasteiger partial charge in [-0.05, 0) is 48.8 Å². The molecule has 0 saturated carbocycles. The van der Waals surface area contributed by atoms with E-state index in [-0.39, 0.29) is 18.0 Å². The van der Waals surface area contributed by atoms with E-state index in [2.05, 4.69) is 0 Å². The Kier molecular flexibility index (Phi) is 5.17. The molecular weight excluding hydrogens is 374 g/mol. The van der Waals surface area contributed by atoms with Crippen LogP contribution in [0.15, 0.2) is 45.3 Å². The molecule has 1 aliphatic rings. The quantitative estimate of drug-likeness (QED) is 0.680. The number of aryl methyl sites for hydroxylation is 1. The third kappa shape index (κ3) is 3.42. The number of nitrogens with zero attached hydrogens (tertiary/aromatic N) is 3. The van der Waals surface area contributed by atoms with E-state index < -0.39 is 5.69 Å². The van der Waals surface area contributed by atoms with Gasteiger partial charge in [-0.1, -0.05) is 24.3 Å². The molecule has 3 aromatic rings. The first-order chi connectivity index (χ1) is 13.6. The average molecular weight is 398 g/mol. The van der Waals surface area contributed by atoms with Gasteiger partial charge in [0.15, 0.2) is 0 Å². The number of piperidine rings is 1. The fourth-order valence-electron chi connectivity index (χ4n) is 3.76. The van der Waals surface area contributed by atoms with Gasteiger partial charge in [-0.15, -0.1) is 11.3 Å². The molecule has 0 spiro atoms.